The molecule has 5 heteroatoms. The first-order valence-corrected chi connectivity index (χ1v) is 12.0. The molecule has 0 unspecified atom stereocenters. The number of anilines is 1. The summed E-state index contributed by atoms with van der Waals surface area (Å²) >= 11 is 0. The Hall–Kier alpha value is -4.64. The maximum absolute atomic E-state index is 6.05. The van der Waals surface area contributed by atoms with Gasteiger partial charge in [0.2, 0.25) is 5.88 Å². The number of nitrogens with zero attached hydrogens (tertiary/aromatic N) is 4. The summed E-state index contributed by atoms with van der Waals surface area (Å²) in [5.74, 6) is 2.24. The van der Waals surface area contributed by atoms with Crippen molar-refractivity contribution < 1.29 is 4.74 Å². The van der Waals surface area contributed by atoms with Crippen molar-refractivity contribution in [1.82, 2.24) is 14.5 Å². The number of ether oxygens (including phenoxy) is 1. The molecule has 0 spiro atoms. The zero-order valence-corrected chi connectivity index (χ0v) is 20.5. The lowest BCUT2D eigenvalue weighted by Gasteiger charge is -2.13. The van der Waals surface area contributed by atoms with Crippen molar-refractivity contribution in [1.29, 1.82) is 0 Å². The van der Waals surface area contributed by atoms with E-state index < -0.39 is 0 Å². The maximum atomic E-state index is 6.05. The minimum absolute atomic E-state index is 0.593. The fraction of sp³-hybridized carbons (Fsp3) is 0.0968. The standard InChI is InChI=1S/C31H26N4O/c1-21-8-6-13-31(33-21)36-25-10-7-9-22(18-25)23-14-16-27-26-11-4-5-12-28(26)35(29(27)19-23)30-17-15-24(20-32-30)34(2)3/h4-20H,1-3H3. The lowest BCUT2D eigenvalue weighted by molar-refractivity contribution is 0.462. The van der Waals surface area contributed by atoms with E-state index in [9.17, 15) is 0 Å². The minimum atomic E-state index is 0.593. The monoisotopic (exact) mass is 470 g/mol. The largest absolute Gasteiger partial charge is 0.439 e. The summed E-state index contributed by atoms with van der Waals surface area (Å²) in [4.78, 5) is 11.3. The van der Waals surface area contributed by atoms with Crippen molar-refractivity contribution in [3.63, 3.8) is 0 Å². The molecule has 0 aliphatic rings. The van der Waals surface area contributed by atoms with E-state index in [1.54, 1.807) is 0 Å². The summed E-state index contributed by atoms with van der Waals surface area (Å²) in [6.45, 7) is 1.96. The van der Waals surface area contributed by atoms with Crippen LogP contribution in [-0.2, 0) is 0 Å². The number of hydrogen-bond donors (Lipinski definition) is 0. The third kappa shape index (κ3) is 3.95. The summed E-state index contributed by atoms with van der Waals surface area (Å²) < 4.78 is 8.29. The second-order valence-electron chi connectivity index (χ2n) is 9.10. The van der Waals surface area contributed by atoms with Gasteiger partial charge in [0.1, 0.15) is 11.6 Å². The summed E-state index contributed by atoms with van der Waals surface area (Å²) in [5.41, 5.74) is 6.44. The van der Waals surface area contributed by atoms with Gasteiger partial charge < -0.3 is 9.64 Å². The molecule has 0 atom stereocenters. The zero-order valence-electron chi connectivity index (χ0n) is 20.5. The van der Waals surface area contributed by atoms with E-state index in [0.29, 0.717) is 5.88 Å². The third-order valence-electron chi connectivity index (χ3n) is 6.40. The molecule has 0 amide bonds. The number of hydrogen-bond acceptors (Lipinski definition) is 4. The van der Waals surface area contributed by atoms with Gasteiger partial charge in [-0.1, -0.05) is 48.5 Å². The molecule has 36 heavy (non-hydrogen) atoms. The molecule has 0 aliphatic heterocycles. The van der Waals surface area contributed by atoms with Gasteiger partial charge in [0.25, 0.3) is 0 Å². The number of pyridine rings is 2. The highest BCUT2D eigenvalue weighted by atomic mass is 16.5. The summed E-state index contributed by atoms with van der Waals surface area (Å²) in [7, 11) is 4.05. The van der Waals surface area contributed by atoms with Gasteiger partial charge in [-0.25, -0.2) is 9.97 Å². The topological polar surface area (TPSA) is 43.2 Å². The van der Waals surface area contributed by atoms with Gasteiger partial charge in [0.15, 0.2) is 0 Å². The summed E-state index contributed by atoms with van der Waals surface area (Å²) in [5, 5.41) is 2.41. The molecule has 5 nitrogen and oxygen atoms in total. The summed E-state index contributed by atoms with van der Waals surface area (Å²) in [6, 6.07) is 33.2. The van der Waals surface area contributed by atoms with E-state index >= 15 is 0 Å². The van der Waals surface area contributed by atoms with Crippen LogP contribution in [-0.4, -0.2) is 28.6 Å². The lowest BCUT2D eigenvalue weighted by atomic mass is 10.0. The molecular weight excluding hydrogens is 444 g/mol. The van der Waals surface area contributed by atoms with Crippen LogP contribution in [0, 0.1) is 6.92 Å². The number of rotatable bonds is 5. The highest BCUT2D eigenvalue weighted by Crippen LogP contribution is 2.35. The van der Waals surface area contributed by atoms with Crippen molar-refractivity contribution in [2.45, 2.75) is 6.92 Å². The molecule has 176 valence electrons. The Morgan fingerprint density at radius 2 is 1.53 bits per heavy atom. The van der Waals surface area contributed by atoms with Gasteiger partial charge in [0.05, 0.1) is 22.9 Å². The molecule has 0 radical (unpaired) electrons. The Morgan fingerprint density at radius 1 is 0.722 bits per heavy atom. The smallest absolute Gasteiger partial charge is 0.219 e. The number of aryl methyl sites for hydroxylation is 1. The van der Waals surface area contributed by atoms with Crippen LogP contribution in [0.2, 0.25) is 0 Å². The van der Waals surface area contributed by atoms with Crippen LogP contribution in [0.25, 0.3) is 38.8 Å². The van der Waals surface area contributed by atoms with E-state index in [1.807, 2.05) is 57.5 Å². The second-order valence-corrected chi connectivity index (χ2v) is 9.10. The SMILES string of the molecule is Cc1cccc(Oc2cccc(-c3ccc4c5ccccc5n(-c5ccc(N(C)C)cn5)c4c3)c2)n1. The average Bonchev–Trinajstić information content (AvgIpc) is 3.22. The van der Waals surface area contributed by atoms with Gasteiger partial charge >= 0.3 is 0 Å². The van der Waals surface area contributed by atoms with Gasteiger partial charge in [-0.3, -0.25) is 4.57 Å². The molecule has 0 saturated heterocycles. The predicted molar refractivity (Wildman–Crippen MR) is 147 cm³/mol. The molecule has 0 bridgehead atoms. The predicted octanol–water partition coefficient (Wildman–Crippen LogP) is 7.41. The molecule has 0 N–H and O–H groups in total. The molecule has 6 rings (SSSR count). The highest BCUT2D eigenvalue weighted by molar-refractivity contribution is 6.10. The van der Waals surface area contributed by atoms with E-state index in [4.69, 9.17) is 9.72 Å². The molecule has 3 aromatic carbocycles. The van der Waals surface area contributed by atoms with Crippen LogP contribution >= 0.6 is 0 Å². The van der Waals surface area contributed by atoms with Crippen LogP contribution in [0.3, 0.4) is 0 Å². The molecule has 0 aliphatic carbocycles. The van der Waals surface area contributed by atoms with Gasteiger partial charge in [-0.05, 0) is 60.5 Å². The van der Waals surface area contributed by atoms with Crippen LogP contribution < -0.4 is 9.64 Å². The lowest BCUT2D eigenvalue weighted by Crippen LogP contribution is -2.09. The van der Waals surface area contributed by atoms with E-state index in [-0.39, 0.29) is 0 Å². The molecule has 0 saturated carbocycles. The Labute approximate surface area is 210 Å². The summed E-state index contributed by atoms with van der Waals surface area (Å²) in [6.07, 6.45) is 1.92. The van der Waals surface area contributed by atoms with Crippen molar-refractivity contribution in [2.24, 2.45) is 0 Å². The third-order valence-corrected chi connectivity index (χ3v) is 6.40. The first-order valence-electron chi connectivity index (χ1n) is 12.0. The number of benzene rings is 3. The maximum Gasteiger partial charge on any atom is 0.219 e. The normalized spacial score (nSPS) is 11.2. The van der Waals surface area contributed by atoms with Crippen molar-refractivity contribution in [3.05, 3.63) is 109 Å². The first-order chi connectivity index (χ1) is 17.6. The first kappa shape index (κ1) is 21.9. The Bertz CT molecular complexity index is 1700. The second kappa shape index (κ2) is 8.86. The Balaban J connectivity index is 1.47. The minimum Gasteiger partial charge on any atom is -0.439 e. The van der Waals surface area contributed by atoms with Crippen molar-refractivity contribution in [2.75, 3.05) is 19.0 Å². The van der Waals surface area contributed by atoms with Gasteiger partial charge in [-0.15, -0.1) is 0 Å². The molecular formula is C31H26N4O. The van der Waals surface area contributed by atoms with Gasteiger partial charge in [-0.2, -0.15) is 0 Å². The fourth-order valence-corrected chi connectivity index (χ4v) is 4.61. The van der Waals surface area contributed by atoms with E-state index in [2.05, 4.69) is 81.2 Å². The Morgan fingerprint density at radius 3 is 2.33 bits per heavy atom. The molecule has 3 aromatic heterocycles. The van der Waals surface area contributed by atoms with E-state index in [0.717, 1.165) is 45.1 Å². The van der Waals surface area contributed by atoms with Crippen molar-refractivity contribution >= 4 is 27.5 Å². The average molecular weight is 471 g/mol. The van der Waals surface area contributed by atoms with Crippen LogP contribution in [0.5, 0.6) is 11.6 Å². The number of fused-ring (bicyclic) bond motifs is 3. The van der Waals surface area contributed by atoms with Crippen LogP contribution in [0.4, 0.5) is 5.69 Å². The number of para-hydroxylation sites is 1. The molecule has 3 heterocycles. The highest BCUT2D eigenvalue weighted by Gasteiger charge is 2.14. The van der Waals surface area contributed by atoms with Crippen molar-refractivity contribution in [3.8, 4) is 28.6 Å². The fourth-order valence-electron chi connectivity index (χ4n) is 4.61. The Kier molecular flexibility index (Phi) is 5.38. The van der Waals surface area contributed by atoms with Gasteiger partial charge in [0, 0.05) is 36.6 Å². The molecule has 0 fully saturated rings. The number of aromatic nitrogens is 3. The quantitative estimate of drug-likeness (QED) is 0.263. The van der Waals surface area contributed by atoms with E-state index in [1.165, 1.54) is 10.8 Å². The van der Waals surface area contributed by atoms with Crippen LogP contribution in [0.1, 0.15) is 5.69 Å². The van der Waals surface area contributed by atoms with Crippen LogP contribution in [0.15, 0.2) is 103 Å². The molecule has 6 aromatic rings. The zero-order chi connectivity index (χ0) is 24.6.